The van der Waals surface area contributed by atoms with Crippen LogP contribution < -0.4 is 0 Å². The summed E-state index contributed by atoms with van der Waals surface area (Å²) in [6.07, 6.45) is 12.5. The molecule has 2 rings (SSSR count). The van der Waals surface area contributed by atoms with Gasteiger partial charge in [0.05, 0.1) is 0 Å². The van der Waals surface area contributed by atoms with Crippen LogP contribution >= 0.6 is 15.9 Å². The molecule has 0 fully saturated rings. The van der Waals surface area contributed by atoms with E-state index in [9.17, 15) is 0 Å². The maximum absolute atomic E-state index is 3.57. The third kappa shape index (κ3) is 2.34. The lowest BCUT2D eigenvalue weighted by Crippen LogP contribution is -2.14. The van der Waals surface area contributed by atoms with Crippen molar-refractivity contribution in [2.75, 3.05) is 0 Å². The zero-order chi connectivity index (χ0) is 11.1. The minimum Gasteiger partial charge on any atom is -0.0764 e. The molecular weight excluding hydrogens is 248 g/mol. The molecule has 0 heterocycles. The largest absolute Gasteiger partial charge is 0.0764 e. The van der Waals surface area contributed by atoms with E-state index in [4.69, 9.17) is 0 Å². The summed E-state index contributed by atoms with van der Waals surface area (Å²) >= 11 is 3.57. The summed E-state index contributed by atoms with van der Waals surface area (Å²) in [6.45, 7) is 6.79. The molecule has 0 radical (unpaired) electrons. The predicted molar refractivity (Wildman–Crippen MR) is 69.9 cm³/mol. The Morgan fingerprint density at radius 3 is 2.67 bits per heavy atom. The van der Waals surface area contributed by atoms with Gasteiger partial charge in [-0.3, -0.25) is 0 Å². The van der Waals surface area contributed by atoms with Crippen molar-refractivity contribution < 1.29 is 0 Å². The summed E-state index contributed by atoms with van der Waals surface area (Å²) in [6, 6.07) is 0. The van der Waals surface area contributed by atoms with Crippen LogP contribution in [0.4, 0.5) is 0 Å². The van der Waals surface area contributed by atoms with Crippen molar-refractivity contribution in [1.29, 1.82) is 0 Å². The predicted octanol–water partition coefficient (Wildman–Crippen LogP) is 4.75. The number of halogens is 1. The molecule has 0 bridgehead atoms. The van der Waals surface area contributed by atoms with Crippen LogP contribution in [0, 0.1) is 11.3 Å². The maximum atomic E-state index is 3.57. The van der Waals surface area contributed by atoms with Crippen LogP contribution in [-0.4, -0.2) is 0 Å². The summed E-state index contributed by atoms with van der Waals surface area (Å²) in [5.41, 5.74) is 3.13. The minimum atomic E-state index is 0.251. The molecule has 2 aliphatic rings. The molecule has 2 aliphatic carbocycles. The third-order valence-corrected chi connectivity index (χ3v) is 3.58. The van der Waals surface area contributed by atoms with Crippen LogP contribution in [0.1, 0.15) is 27.2 Å². The first-order valence-corrected chi connectivity index (χ1v) is 6.23. The van der Waals surface area contributed by atoms with Crippen molar-refractivity contribution >= 4 is 15.9 Å². The second-order valence-electron chi connectivity index (χ2n) is 5.30. The fraction of sp³-hybridized carbons (Fsp3) is 0.429. The molecule has 0 amide bonds. The van der Waals surface area contributed by atoms with Crippen molar-refractivity contribution in [3.8, 4) is 0 Å². The van der Waals surface area contributed by atoms with E-state index in [1.54, 1.807) is 0 Å². The summed E-state index contributed by atoms with van der Waals surface area (Å²) in [5.74, 6) is 0.579. The van der Waals surface area contributed by atoms with Gasteiger partial charge in [0.15, 0.2) is 0 Å². The third-order valence-electron chi connectivity index (χ3n) is 3.00. The van der Waals surface area contributed by atoms with E-state index in [0.717, 1.165) is 6.42 Å². The molecule has 0 spiro atoms. The second-order valence-corrected chi connectivity index (χ2v) is 6.32. The average Bonchev–Trinajstić information content (AvgIpc) is 2.15. The number of hydrogen-bond acceptors (Lipinski definition) is 0. The molecule has 1 atom stereocenters. The number of hydrogen-bond donors (Lipinski definition) is 0. The maximum Gasteiger partial charge on any atom is 0.00668 e. The fourth-order valence-electron chi connectivity index (χ4n) is 1.95. The van der Waals surface area contributed by atoms with E-state index in [1.807, 2.05) is 0 Å². The van der Waals surface area contributed by atoms with Crippen molar-refractivity contribution in [2.24, 2.45) is 11.3 Å². The van der Waals surface area contributed by atoms with Gasteiger partial charge in [-0.2, -0.15) is 0 Å². The highest BCUT2D eigenvalue weighted by molar-refractivity contribution is 9.11. The number of fused-ring (bicyclic) bond motifs is 1. The van der Waals surface area contributed by atoms with E-state index in [-0.39, 0.29) is 5.41 Å². The molecule has 0 aromatic carbocycles. The Labute approximate surface area is 101 Å². The highest BCUT2D eigenvalue weighted by Crippen LogP contribution is 2.38. The molecule has 0 saturated heterocycles. The zero-order valence-corrected chi connectivity index (χ0v) is 11.1. The van der Waals surface area contributed by atoms with E-state index in [2.05, 4.69) is 67.1 Å². The molecule has 0 aliphatic heterocycles. The minimum absolute atomic E-state index is 0.251. The molecule has 0 aromatic rings. The van der Waals surface area contributed by atoms with Crippen molar-refractivity contribution in [3.63, 3.8) is 0 Å². The standard InChI is InChI=1S/C14H17Br/c1-14(2,3)12-6-4-11-9-13(15)7-5-10(11)8-12/h4-8,11H,9H2,1-3H3. The highest BCUT2D eigenvalue weighted by atomic mass is 79.9. The quantitative estimate of drug-likeness (QED) is 0.592. The summed E-state index contributed by atoms with van der Waals surface area (Å²) in [7, 11) is 0. The lowest BCUT2D eigenvalue weighted by molar-refractivity contribution is 0.512. The van der Waals surface area contributed by atoms with E-state index in [1.165, 1.54) is 15.6 Å². The van der Waals surface area contributed by atoms with Crippen molar-refractivity contribution in [2.45, 2.75) is 27.2 Å². The molecule has 0 aromatic heterocycles. The van der Waals surface area contributed by atoms with Gasteiger partial charge in [0.25, 0.3) is 0 Å². The van der Waals surface area contributed by atoms with Gasteiger partial charge in [0.2, 0.25) is 0 Å². The normalized spacial score (nSPS) is 25.3. The van der Waals surface area contributed by atoms with Crippen molar-refractivity contribution in [1.82, 2.24) is 0 Å². The topological polar surface area (TPSA) is 0 Å². The summed E-state index contributed by atoms with van der Waals surface area (Å²) in [5, 5.41) is 0. The van der Waals surface area contributed by atoms with Crippen LogP contribution in [0.15, 0.2) is 46.0 Å². The van der Waals surface area contributed by atoms with Crippen LogP contribution in [0.2, 0.25) is 0 Å². The number of rotatable bonds is 0. The first-order valence-electron chi connectivity index (χ1n) is 5.43. The van der Waals surface area contributed by atoms with Crippen molar-refractivity contribution in [3.05, 3.63) is 46.0 Å². The molecule has 0 N–H and O–H groups in total. The van der Waals surface area contributed by atoms with Crippen LogP contribution in [0.3, 0.4) is 0 Å². The Morgan fingerprint density at radius 1 is 1.27 bits per heavy atom. The molecule has 0 nitrogen and oxygen atoms in total. The van der Waals surface area contributed by atoms with Gasteiger partial charge >= 0.3 is 0 Å². The lowest BCUT2D eigenvalue weighted by Gasteiger charge is -2.28. The molecule has 15 heavy (non-hydrogen) atoms. The van der Waals surface area contributed by atoms with Gasteiger partial charge in [-0.15, -0.1) is 0 Å². The van der Waals surface area contributed by atoms with Crippen LogP contribution in [0.5, 0.6) is 0 Å². The van der Waals surface area contributed by atoms with Gasteiger partial charge in [-0.25, -0.2) is 0 Å². The van der Waals surface area contributed by atoms with Gasteiger partial charge in [-0.1, -0.05) is 67.1 Å². The van der Waals surface area contributed by atoms with Crippen LogP contribution in [-0.2, 0) is 0 Å². The first kappa shape index (κ1) is 10.9. The molecule has 0 saturated carbocycles. The molecular formula is C14H17Br. The van der Waals surface area contributed by atoms with Gasteiger partial charge in [-0.05, 0) is 27.5 Å². The average molecular weight is 265 g/mol. The van der Waals surface area contributed by atoms with Gasteiger partial charge in [0, 0.05) is 5.92 Å². The van der Waals surface area contributed by atoms with Gasteiger partial charge in [0.1, 0.15) is 0 Å². The zero-order valence-electron chi connectivity index (χ0n) is 9.55. The second kappa shape index (κ2) is 3.79. The Morgan fingerprint density at radius 2 is 2.00 bits per heavy atom. The Hall–Kier alpha value is -0.560. The Kier molecular flexibility index (Phi) is 2.76. The first-order chi connectivity index (χ1) is 6.97. The smallest absolute Gasteiger partial charge is 0.00668 e. The Balaban J connectivity index is 2.33. The molecule has 80 valence electrons. The van der Waals surface area contributed by atoms with Gasteiger partial charge < -0.3 is 0 Å². The summed E-state index contributed by atoms with van der Waals surface area (Å²) in [4.78, 5) is 0. The highest BCUT2D eigenvalue weighted by Gasteiger charge is 2.22. The SMILES string of the molecule is CC(C)(C)C1=CC2=CC=C(Br)CC2C=C1. The Bertz CT molecular complexity index is 386. The fourth-order valence-corrected chi connectivity index (χ4v) is 2.44. The number of allylic oxidation sites excluding steroid dienone is 8. The van der Waals surface area contributed by atoms with Crippen LogP contribution in [0.25, 0.3) is 0 Å². The van der Waals surface area contributed by atoms with E-state index in [0.29, 0.717) is 5.92 Å². The monoisotopic (exact) mass is 264 g/mol. The van der Waals surface area contributed by atoms with E-state index < -0.39 is 0 Å². The summed E-state index contributed by atoms with van der Waals surface area (Å²) < 4.78 is 1.30. The van der Waals surface area contributed by atoms with E-state index >= 15 is 0 Å². The molecule has 1 unspecified atom stereocenters. The lowest BCUT2D eigenvalue weighted by atomic mass is 9.78. The molecule has 1 heteroatoms.